The van der Waals surface area contributed by atoms with E-state index in [-0.39, 0.29) is 5.91 Å². The summed E-state index contributed by atoms with van der Waals surface area (Å²) < 4.78 is 5.43. The van der Waals surface area contributed by atoms with Gasteiger partial charge in [0.2, 0.25) is 0 Å². The van der Waals surface area contributed by atoms with Crippen LogP contribution in [0.3, 0.4) is 0 Å². The van der Waals surface area contributed by atoms with Crippen LogP contribution in [-0.4, -0.2) is 37.2 Å². The van der Waals surface area contributed by atoms with Crippen LogP contribution in [-0.2, 0) is 4.74 Å². The van der Waals surface area contributed by atoms with Crippen LogP contribution in [0.15, 0.2) is 12.1 Å². The molecule has 0 saturated heterocycles. The summed E-state index contributed by atoms with van der Waals surface area (Å²) in [4.78, 5) is 16.3. The van der Waals surface area contributed by atoms with E-state index in [1.165, 1.54) is 0 Å². The number of nitrogens with zero attached hydrogens (tertiary/aromatic N) is 1. The van der Waals surface area contributed by atoms with E-state index in [4.69, 9.17) is 4.74 Å². The van der Waals surface area contributed by atoms with Gasteiger partial charge in [-0.15, -0.1) is 0 Å². The number of hydrogen-bond donors (Lipinski definition) is 2. The molecule has 20 heavy (non-hydrogen) atoms. The zero-order valence-corrected chi connectivity index (χ0v) is 12.8. The fraction of sp³-hybridized carbons (Fsp3) is 0.600. The van der Waals surface area contributed by atoms with E-state index in [0.29, 0.717) is 24.6 Å². The lowest BCUT2D eigenvalue weighted by Crippen LogP contribution is -2.28. The Labute approximate surface area is 121 Å². The maximum Gasteiger partial charge on any atom is 0.251 e. The molecule has 2 N–H and O–H groups in total. The van der Waals surface area contributed by atoms with Crippen molar-refractivity contribution in [1.82, 2.24) is 10.3 Å². The first-order valence-corrected chi connectivity index (χ1v) is 7.11. The van der Waals surface area contributed by atoms with Crippen molar-refractivity contribution in [3.8, 4) is 0 Å². The molecule has 0 radical (unpaired) electrons. The second-order valence-electron chi connectivity index (χ2n) is 5.14. The number of rotatable bonds is 8. The van der Waals surface area contributed by atoms with E-state index >= 15 is 0 Å². The summed E-state index contributed by atoms with van der Waals surface area (Å²) in [7, 11) is 0. The molecular weight excluding hydrogens is 254 g/mol. The summed E-state index contributed by atoms with van der Waals surface area (Å²) in [5, 5.41) is 5.97. The molecule has 112 valence electrons. The maximum atomic E-state index is 12.0. The third kappa shape index (κ3) is 6.02. The molecule has 1 heterocycles. The Morgan fingerprint density at radius 2 is 2.15 bits per heavy atom. The van der Waals surface area contributed by atoms with Crippen LogP contribution in [0.2, 0.25) is 0 Å². The Kier molecular flexibility index (Phi) is 7.01. The fourth-order valence-electron chi connectivity index (χ4n) is 1.73. The molecule has 0 aliphatic carbocycles. The lowest BCUT2D eigenvalue weighted by atomic mass is 10.2. The van der Waals surface area contributed by atoms with Crippen molar-refractivity contribution in [2.45, 2.75) is 27.7 Å². The predicted molar refractivity (Wildman–Crippen MR) is 81.1 cm³/mol. The number of nitrogens with one attached hydrogen (secondary N) is 2. The zero-order valence-electron chi connectivity index (χ0n) is 12.8. The first kappa shape index (κ1) is 16.4. The highest BCUT2D eigenvalue weighted by molar-refractivity contribution is 5.94. The minimum absolute atomic E-state index is 0.0946. The van der Waals surface area contributed by atoms with Crippen molar-refractivity contribution in [3.05, 3.63) is 23.4 Å². The molecule has 1 amide bonds. The largest absolute Gasteiger partial charge is 0.379 e. The van der Waals surface area contributed by atoms with Crippen molar-refractivity contribution in [3.63, 3.8) is 0 Å². The number of amides is 1. The number of anilines is 1. The minimum atomic E-state index is -0.0946. The number of pyridine rings is 1. The van der Waals surface area contributed by atoms with Gasteiger partial charge in [0.05, 0.1) is 6.61 Å². The molecule has 5 nitrogen and oxygen atoms in total. The van der Waals surface area contributed by atoms with Crippen molar-refractivity contribution < 1.29 is 9.53 Å². The summed E-state index contributed by atoms with van der Waals surface area (Å²) in [6, 6.07) is 3.55. The molecule has 1 rings (SSSR count). The second kappa shape index (κ2) is 8.53. The second-order valence-corrected chi connectivity index (χ2v) is 5.14. The van der Waals surface area contributed by atoms with Gasteiger partial charge in [0, 0.05) is 31.0 Å². The fourth-order valence-corrected chi connectivity index (χ4v) is 1.73. The van der Waals surface area contributed by atoms with E-state index in [1.807, 2.05) is 13.8 Å². The highest BCUT2D eigenvalue weighted by atomic mass is 16.5. The number of aromatic nitrogens is 1. The van der Waals surface area contributed by atoms with E-state index in [0.717, 1.165) is 24.7 Å². The van der Waals surface area contributed by atoms with Crippen molar-refractivity contribution >= 4 is 11.7 Å². The van der Waals surface area contributed by atoms with Crippen molar-refractivity contribution in [2.24, 2.45) is 5.92 Å². The van der Waals surface area contributed by atoms with Crippen LogP contribution in [0.4, 0.5) is 5.82 Å². The van der Waals surface area contributed by atoms with Crippen LogP contribution < -0.4 is 10.6 Å². The minimum Gasteiger partial charge on any atom is -0.379 e. The summed E-state index contributed by atoms with van der Waals surface area (Å²) in [5.74, 6) is 1.15. The van der Waals surface area contributed by atoms with Gasteiger partial charge in [-0.05, 0) is 31.9 Å². The van der Waals surface area contributed by atoms with Gasteiger partial charge >= 0.3 is 0 Å². The van der Waals surface area contributed by atoms with E-state index in [9.17, 15) is 4.79 Å². The summed E-state index contributed by atoms with van der Waals surface area (Å²) in [6.07, 6.45) is 0. The summed E-state index contributed by atoms with van der Waals surface area (Å²) >= 11 is 0. The number of hydrogen-bond acceptors (Lipinski definition) is 4. The van der Waals surface area contributed by atoms with Gasteiger partial charge in [-0.3, -0.25) is 4.79 Å². The maximum absolute atomic E-state index is 12.0. The Hall–Kier alpha value is -1.62. The lowest BCUT2D eigenvalue weighted by Gasteiger charge is -2.10. The molecule has 5 heteroatoms. The quantitative estimate of drug-likeness (QED) is 0.716. The number of carbonyl (C=O) groups excluding carboxylic acids is 1. The van der Waals surface area contributed by atoms with Gasteiger partial charge in [0.25, 0.3) is 5.91 Å². The van der Waals surface area contributed by atoms with Gasteiger partial charge in [-0.1, -0.05) is 13.8 Å². The SMILES string of the molecule is CCNc1cc(C(=O)NCCOCC(C)C)cc(C)n1. The first-order valence-electron chi connectivity index (χ1n) is 7.11. The Balaban J connectivity index is 2.46. The third-order valence-corrected chi connectivity index (χ3v) is 2.56. The smallest absolute Gasteiger partial charge is 0.251 e. The Bertz CT molecular complexity index is 433. The first-order chi connectivity index (χ1) is 9.52. The highest BCUT2D eigenvalue weighted by Gasteiger charge is 2.08. The molecule has 0 aliphatic heterocycles. The zero-order chi connectivity index (χ0) is 15.0. The number of ether oxygens (including phenoxy) is 1. The summed E-state index contributed by atoms with van der Waals surface area (Å²) in [6.45, 7) is 10.6. The number of aryl methyl sites for hydroxylation is 1. The topological polar surface area (TPSA) is 63.2 Å². The predicted octanol–water partition coefficient (Wildman–Crippen LogP) is 2.22. The van der Waals surface area contributed by atoms with E-state index in [1.54, 1.807) is 12.1 Å². The average molecular weight is 279 g/mol. The van der Waals surface area contributed by atoms with Crippen LogP contribution in [0.5, 0.6) is 0 Å². The molecule has 0 unspecified atom stereocenters. The standard InChI is InChI=1S/C15H25N3O2/c1-5-16-14-9-13(8-12(4)18-14)15(19)17-6-7-20-10-11(2)3/h8-9,11H,5-7,10H2,1-4H3,(H,16,18)(H,17,19). The van der Waals surface area contributed by atoms with Gasteiger partial charge in [-0.2, -0.15) is 0 Å². The normalized spacial score (nSPS) is 10.7. The van der Waals surface area contributed by atoms with Crippen LogP contribution in [0.1, 0.15) is 36.8 Å². The molecule has 0 spiro atoms. The Morgan fingerprint density at radius 1 is 1.40 bits per heavy atom. The molecule has 1 aromatic rings. The monoisotopic (exact) mass is 279 g/mol. The van der Waals surface area contributed by atoms with Crippen LogP contribution in [0, 0.1) is 12.8 Å². The molecule has 0 bridgehead atoms. The average Bonchev–Trinajstić information content (AvgIpc) is 2.37. The van der Waals surface area contributed by atoms with Crippen molar-refractivity contribution in [1.29, 1.82) is 0 Å². The van der Waals surface area contributed by atoms with Crippen LogP contribution >= 0.6 is 0 Å². The van der Waals surface area contributed by atoms with E-state index in [2.05, 4.69) is 29.5 Å². The lowest BCUT2D eigenvalue weighted by molar-refractivity contribution is 0.0886. The van der Waals surface area contributed by atoms with Gasteiger partial charge in [0.1, 0.15) is 5.82 Å². The molecule has 0 aliphatic rings. The van der Waals surface area contributed by atoms with E-state index < -0.39 is 0 Å². The third-order valence-electron chi connectivity index (χ3n) is 2.56. The van der Waals surface area contributed by atoms with Gasteiger partial charge in [-0.25, -0.2) is 4.98 Å². The van der Waals surface area contributed by atoms with Gasteiger partial charge in [0.15, 0.2) is 0 Å². The highest BCUT2D eigenvalue weighted by Crippen LogP contribution is 2.09. The Morgan fingerprint density at radius 3 is 2.80 bits per heavy atom. The molecule has 0 fully saturated rings. The van der Waals surface area contributed by atoms with Gasteiger partial charge < -0.3 is 15.4 Å². The molecule has 0 saturated carbocycles. The summed E-state index contributed by atoms with van der Waals surface area (Å²) in [5.41, 5.74) is 1.45. The van der Waals surface area contributed by atoms with Crippen LogP contribution in [0.25, 0.3) is 0 Å². The number of carbonyl (C=O) groups is 1. The van der Waals surface area contributed by atoms with Crippen molar-refractivity contribution in [2.75, 3.05) is 31.6 Å². The molecule has 1 aromatic heterocycles. The molecule has 0 atom stereocenters. The molecule has 0 aromatic carbocycles. The molecular formula is C15H25N3O2.